The van der Waals surface area contributed by atoms with Crippen LogP contribution in [-0.4, -0.2) is 0 Å². The summed E-state index contributed by atoms with van der Waals surface area (Å²) in [5.74, 6) is 0. The van der Waals surface area contributed by atoms with E-state index in [9.17, 15) is 0 Å². The first kappa shape index (κ1) is 42.2. The molecule has 12 aromatic rings. The van der Waals surface area contributed by atoms with Crippen LogP contribution in [-0.2, 0) is 10.8 Å². The number of hydrogen-bond acceptors (Lipinski definition) is 3. The Bertz CT molecular complexity index is 3710. The van der Waals surface area contributed by atoms with E-state index < -0.39 is 0 Å². The first-order valence-corrected chi connectivity index (χ1v) is 24.1. The van der Waals surface area contributed by atoms with Crippen molar-refractivity contribution >= 4 is 71.7 Å². The summed E-state index contributed by atoms with van der Waals surface area (Å²) in [6.07, 6.45) is 0. The van der Waals surface area contributed by atoms with E-state index in [-0.39, 0.29) is 10.8 Å². The second kappa shape index (κ2) is 16.3. The number of anilines is 3. The van der Waals surface area contributed by atoms with Crippen LogP contribution in [0.15, 0.2) is 221 Å². The molecule has 0 spiro atoms. The largest absolute Gasteiger partial charge is 0.456 e. The number of para-hydroxylation sites is 3. The number of nitrogens with zero attached hydrogens (tertiary/aromatic N) is 1. The third-order valence-corrected chi connectivity index (χ3v) is 14.0. The zero-order chi connectivity index (χ0) is 47.0. The van der Waals surface area contributed by atoms with Crippen LogP contribution in [0.3, 0.4) is 0 Å². The molecule has 334 valence electrons. The van der Waals surface area contributed by atoms with Crippen molar-refractivity contribution in [1.29, 1.82) is 0 Å². The van der Waals surface area contributed by atoms with E-state index in [1.807, 2.05) is 24.3 Å². The van der Waals surface area contributed by atoms with Crippen molar-refractivity contribution < 1.29 is 8.83 Å². The fraction of sp³-hybridized carbons (Fsp3) is 0.121. The van der Waals surface area contributed by atoms with Gasteiger partial charge in [0.05, 0.1) is 5.69 Å². The van der Waals surface area contributed by atoms with Crippen molar-refractivity contribution in [3.63, 3.8) is 0 Å². The third-order valence-electron chi connectivity index (χ3n) is 14.0. The molecule has 0 atom stereocenters. The van der Waals surface area contributed by atoms with E-state index in [2.05, 4.69) is 234 Å². The quantitative estimate of drug-likeness (QED) is 0.160. The van der Waals surface area contributed by atoms with Gasteiger partial charge in [-0.2, -0.15) is 0 Å². The van der Waals surface area contributed by atoms with Crippen molar-refractivity contribution in [2.24, 2.45) is 0 Å². The summed E-state index contributed by atoms with van der Waals surface area (Å²) in [7, 11) is 0. The maximum absolute atomic E-state index is 6.32. The highest BCUT2D eigenvalue weighted by atomic mass is 16.3. The van der Waals surface area contributed by atoms with Crippen LogP contribution in [0.25, 0.3) is 99.2 Å². The van der Waals surface area contributed by atoms with Crippen LogP contribution in [0.5, 0.6) is 0 Å². The topological polar surface area (TPSA) is 29.5 Å². The lowest BCUT2D eigenvalue weighted by molar-refractivity contribution is 0.569. The molecule has 0 saturated carbocycles. The van der Waals surface area contributed by atoms with Crippen molar-refractivity contribution in [2.75, 3.05) is 4.90 Å². The Balaban J connectivity index is 1.05. The van der Waals surface area contributed by atoms with Gasteiger partial charge in [0.1, 0.15) is 22.3 Å². The average Bonchev–Trinajstić information content (AvgIpc) is 3.95. The Kier molecular flexibility index (Phi) is 9.97. The predicted octanol–water partition coefficient (Wildman–Crippen LogP) is 19.4. The van der Waals surface area contributed by atoms with Gasteiger partial charge in [-0.15, -0.1) is 0 Å². The molecule has 0 radical (unpaired) electrons. The fourth-order valence-electron chi connectivity index (χ4n) is 10.4. The van der Waals surface area contributed by atoms with Gasteiger partial charge in [-0.25, -0.2) is 0 Å². The zero-order valence-corrected chi connectivity index (χ0v) is 40.0. The lowest BCUT2D eigenvalue weighted by Crippen LogP contribution is -2.16. The van der Waals surface area contributed by atoms with Gasteiger partial charge in [-0.3, -0.25) is 0 Å². The minimum absolute atomic E-state index is 0.0146. The van der Waals surface area contributed by atoms with Gasteiger partial charge in [-0.05, 0) is 126 Å². The van der Waals surface area contributed by atoms with Crippen LogP contribution >= 0.6 is 0 Å². The monoisotopic (exact) mass is 891 g/mol. The molecule has 0 N–H and O–H groups in total. The highest BCUT2D eigenvalue weighted by molar-refractivity contribution is 6.14. The summed E-state index contributed by atoms with van der Waals surface area (Å²) >= 11 is 0. The molecule has 12 rings (SSSR count). The minimum atomic E-state index is -0.0146. The van der Waals surface area contributed by atoms with E-state index in [1.54, 1.807) is 0 Å². The van der Waals surface area contributed by atoms with Crippen molar-refractivity contribution in [1.82, 2.24) is 0 Å². The number of hydrogen-bond donors (Lipinski definition) is 0. The van der Waals surface area contributed by atoms with Gasteiger partial charge < -0.3 is 13.7 Å². The molecule has 0 aliphatic carbocycles. The molecule has 0 aliphatic heterocycles. The van der Waals surface area contributed by atoms with Gasteiger partial charge in [0.15, 0.2) is 0 Å². The minimum Gasteiger partial charge on any atom is -0.456 e. The van der Waals surface area contributed by atoms with Crippen molar-refractivity contribution in [2.45, 2.75) is 52.4 Å². The summed E-state index contributed by atoms with van der Waals surface area (Å²) < 4.78 is 12.6. The Labute approximate surface area is 403 Å². The van der Waals surface area contributed by atoms with E-state index in [0.717, 1.165) is 88.8 Å². The molecule has 0 fully saturated rings. The van der Waals surface area contributed by atoms with Gasteiger partial charge in [0.2, 0.25) is 0 Å². The third kappa shape index (κ3) is 7.37. The van der Waals surface area contributed by atoms with E-state index in [4.69, 9.17) is 8.83 Å². The number of furan rings is 2. The fourth-order valence-corrected chi connectivity index (χ4v) is 10.4. The molecule has 2 heterocycles. The molecular formula is C66H53NO2. The van der Waals surface area contributed by atoms with Crippen LogP contribution in [0.1, 0.15) is 52.7 Å². The number of rotatable bonds is 7. The second-order valence-corrected chi connectivity index (χ2v) is 20.5. The molecule has 3 nitrogen and oxygen atoms in total. The molecule has 3 heteroatoms. The summed E-state index contributed by atoms with van der Waals surface area (Å²) in [5, 5.41) is 6.96. The number of fused-ring (bicyclic) bond motifs is 7. The van der Waals surface area contributed by atoms with Gasteiger partial charge in [0, 0.05) is 38.5 Å². The van der Waals surface area contributed by atoms with Crippen LogP contribution in [0.2, 0.25) is 0 Å². The molecule has 0 aliphatic rings. The SMILES string of the molecule is CC(C)(C)c1cc(-c2cccc3cccc(-c4ccccc4N(c4ccc(-c5cccc6oc7ccccc7c56)cc4)c4ccc(-c5cccc6oc7ccccc7c56)cc4)c23)cc(C(C)(C)C)c1. The Morgan fingerprint density at radius 1 is 0.319 bits per heavy atom. The highest BCUT2D eigenvalue weighted by Gasteiger charge is 2.24. The molecule has 2 aromatic heterocycles. The van der Waals surface area contributed by atoms with Gasteiger partial charge in [0.25, 0.3) is 0 Å². The highest BCUT2D eigenvalue weighted by Crippen LogP contribution is 2.47. The van der Waals surface area contributed by atoms with Crippen LogP contribution in [0.4, 0.5) is 17.1 Å². The van der Waals surface area contributed by atoms with Crippen molar-refractivity contribution in [3.8, 4) is 44.5 Å². The molecule has 0 amide bonds. The summed E-state index contributed by atoms with van der Waals surface area (Å²) in [6, 6.07) is 77.1. The molecule has 0 bridgehead atoms. The Hall–Kier alpha value is -8.14. The zero-order valence-electron chi connectivity index (χ0n) is 40.0. The summed E-state index contributed by atoms with van der Waals surface area (Å²) in [5.41, 5.74) is 18.8. The summed E-state index contributed by atoms with van der Waals surface area (Å²) in [6.45, 7) is 13.9. The Morgan fingerprint density at radius 2 is 0.725 bits per heavy atom. The van der Waals surface area contributed by atoms with Crippen LogP contribution in [0, 0.1) is 0 Å². The normalized spacial score (nSPS) is 12.2. The van der Waals surface area contributed by atoms with Gasteiger partial charge in [-0.1, -0.05) is 199 Å². The van der Waals surface area contributed by atoms with Crippen molar-refractivity contribution in [3.05, 3.63) is 223 Å². The van der Waals surface area contributed by atoms with Crippen LogP contribution < -0.4 is 4.90 Å². The predicted molar refractivity (Wildman–Crippen MR) is 292 cm³/mol. The molecule has 69 heavy (non-hydrogen) atoms. The Morgan fingerprint density at radius 3 is 1.23 bits per heavy atom. The standard InChI is InChI=1S/C66H53NO2/c1-65(2,3)46-39-45(40-47(41-46)66(4,5)6)52-22-13-17-44-18-14-25-54(62(44)52)53-19-7-10-26-57(53)67(48-35-31-42(32-36-48)50-23-15-29-60-63(50)55-20-8-11-27-58(55)68-60)49-37-33-43(34-38-49)51-24-16-30-61-64(51)56-21-9-12-28-59(56)69-61/h7-41H,1-6H3. The smallest absolute Gasteiger partial charge is 0.136 e. The van der Waals surface area contributed by atoms with E-state index in [1.165, 1.54) is 38.6 Å². The number of benzene rings is 10. The average molecular weight is 892 g/mol. The maximum Gasteiger partial charge on any atom is 0.136 e. The van der Waals surface area contributed by atoms with Gasteiger partial charge >= 0.3 is 0 Å². The molecule has 10 aromatic carbocycles. The van der Waals surface area contributed by atoms with E-state index >= 15 is 0 Å². The van der Waals surface area contributed by atoms with E-state index in [0.29, 0.717) is 0 Å². The first-order chi connectivity index (χ1) is 33.5. The maximum atomic E-state index is 6.32. The summed E-state index contributed by atoms with van der Waals surface area (Å²) in [4.78, 5) is 2.42. The first-order valence-electron chi connectivity index (χ1n) is 24.1. The lowest BCUT2D eigenvalue weighted by Gasteiger charge is -2.29. The molecule has 0 unspecified atom stereocenters. The molecular weight excluding hydrogens is 839 g/mol. The lowest BCUT2D eigenvalue weighted by atomic mass is 9.78. The second-order valence-electron chi connectivity index (χ2n) is 20.5. The molecule has 0 saturated heterocycles.